The summed E-state index contributed by atoms with van der Waals surface area (Å²) in [5.74, 6) is 1.66. The summed E-state index contributed by atoms with van der Waals surface area (Å²) in [4.78, 5) is 7.77. The molecule has 0 aliphatic carbocycles. The first-order chi connectivity index (χ1) is 17.0. The number of rotatable bonds is 8. The van der Waals surface area contributed by atoms with Crippen molar-refractivity contribution in [1.29, 1.82) is 0 Å². The molecule has 12 heteroatoms. The van der Waals surface area contributed by atoms with E-state index in [1.807, 2.05) is 39.0 Å². The van der Waals surface area contributed by atoms with Crippen molar-refractivity contribution >= 4 is 16.0 Å². The maximum absolute atomic E-state index is 13.6. The van der Waals surface area contributed by atoms with E-state index in [4.69, 9.17) is 9.15 Å². The Labute approximate surface area is 208 Å². The van der Waals surface area contributed by atoms with Crippen LogP contribution in [0.5, 0.6) is 5.75 Å². The van der Waals surface area contributed by atoms with Gasteiger partial charge in [-0.25, -0.2) is 27.1 Å². The van der Waals surface area contributed by atoms with Crippen molar-refractivity contribution in [2.45, 2.75) is 39.4 Å². The number of furan rings is 1. The molecule has 0 spiro atoms. The molecule has 4 aromatic rings. The average Bonchev–Trinajstić information content (AvgIpc) is 3.42. The minimum absolute atomic E-state index is 0.0157. The standard InChI is InChI=1S/C24H27FN6O4S/c1-14-8-7-9-19(34-6)22(14)31-23(20-10-15(2)17(4)35-20)28-29-24(31)30(5)36(32,33)16(3)11-21-26-12-18(25)13-27-21/h7-10,12-13,16H,11H2,1-6H3/t16-/m0/s1. The lowest BCUT2D eigenvalue weighted by Gasteiger charge is -2.24. The van der Waals surface area contributed by atoms with Crippen molar-refractivity contribution in [3.63, 3.8) is 0 Å². The zero-order chi connectivity index (χ0) is 26.2. The molecule has 0 aliphatic rings. The molecule has 3 aromatic heterocycles. The van der Waals surface area contributed by atoms with Gasteiger partial charge in [0.2, 0.25) is 21.8 Å². The first kappa shape index (κ1) is 25.3. The third-order valence-electron chi connectivity index (χ3n) is 5.99. The molecule has 0 saturated carbocycles. The number of nitrogens with zero attached hydrogens (tertiary/aromatic N) is 6. The second-order valence-electron chi connectivity index (χ2n) is 8.48. The van der Waals surface area contributed by atoms with Gasteiger partial charge >= 0.3 is 0 Å². The number of methoxy groups -OCH3 is 1. The molecule has 0 radical (unpaired) electrons. The van der Waals surface area contributed by atoms with Crippen LogP contribution in [0.4, 0.5) is 10.3 Å². The van der Waals surface area contributed by atoms with Gasteiger partial charge in [-0.1, -0.05) is 12.1 Å². The Morgan fingerprint density at radius 1 is 1.14 bits per heavy atom. The molecule has 4 rings (SSSR count). The molecule has 0 amide bonds. The van der Waals surface area contributed by atoms with Crippen LogP contribution in [-0.4, -0.2) is 52.6 Å². The highest BCUT2D eigenvalue weighted by Gasteiger charge is 2.33. The first-order valence-electron chi connectivity index (χ1n) is 11.2. The molecule has 10 nitrogen and oxygen atoms in total. The number of benzene rings is 1. The number of sulfonamides is 1. The summed E-state index contributed by atoms with van der Waals surface area (Å²) < 4.78 is 54.6. The number of ether oxygens (including phenoxy) is 1. The van der Waals surface area contributed by atoms with Gasteiger partial charge in [-0.15, -0.1) is 10.2 Å². The third-order valence-corrected chi connectivity index (χ3v) is 8.10. The van der Waals surface area contributed by atoms with Gasteiger partial charge in [0.1, 0.15) is 17.3 Å². The van der Waals surface area contributed by atoms with E-state index in [9.17, 15) is 12.8 Å². The SMILES string of the molecule is COc1cccc(C)c1-n1c(-c2cc(C)c(C)o2)nnc1N(C)S(=O)(=O)[C@@H](C)Cc1ncc(F)cn1. The van der Waals surface area contributed by atoms with Crippen LogP contribution < -0.4 is 9.04 Å². The number of aromatic nitrogens is 5. The van der Waals surface area contributed by atoms with E-state index in [0.717, 1.165) is 27.8 Å². The van der Waals surface area contributed by atoms with Crippen molar-refractivity contribution in [1.82, 2.24) is 24.7 Å². The Hall–Kier alpha value is -3.80. The Bertz CT molecular complexity index is 1480. The lowest BCUT2D eigenvalue weighted by atomic mass is 10.1. The fraction of sp³-hybridized carbons (Fsp3) is 0.333. The van der Waals surface area contributed by atoms with Gasteiger partial charge in [-0.2, -0.15) is 0 Å². The van der Waals surface area contributed by atoms with E-state index in [1.165, 1.54) is 21.1 Å². The van der Waals surface area contributed by atoms with Crippen molar-refractivity contribution in [2.75, 3.05) is 18.5 Å². The average molecular weight is 515 g/mol. The van der Waals surface area contributed by atoms with E-state index < -0.39 is 21.1 Å². The van der Waals surface area contributed by atoms with Gasteiger partial charge in [0.25, 0.3) is 0 Å². The summed E-state index contributed by atoms with van der Waals surface area (Å²) in [6.07, 6.45) is 2.00. The molecule has 0 N–H and O–H groups in total. The molecule has 1 aromatic carbocycles. The third kappa shape index (κ3) is 4.55. The fourth-order valence-electron chi connectivity index (χ4n) is 3.80. The van der Waals surface area contributed by atoms with Crippen molar-refractivity contribution < 1.29 is 22.0 Å². The quantitative estimate of drug-likeness (QED) is 0.349. The molecule has 0 aliphatic heterocycles. The summed E-state index contributed by atoms with van der Waals surface area (Å²) >= 11 is 0. The smallest absolute Gasteiger partial charge is 0.245 e. The van der Waals surface area contributed by atoms with Crippen LogP contribution in [0, 0.1) is 26.6 Å². The number of halogens is 1. The van der Waals surface area contributed by atoms with E-state index in [-0.39, 0.29) is 18.2 Å². The van der Waals surface area contributed by atoms with E-state index in [0.29, 0.717) is 28.8 Å². The molecular formula is C24H27FN6O4S. The summed E-state index contributed by atoms with van der Waals surface area (Å²) in [5.41, 5.74) is 2.32. The van der Waals surface area contributed by atoms with Crippen LogP contribution in [-0.2, 0) is 16.4 Å². The number of para-hydroxylation sites is 1. The molecule has 1 atom stereocenters. The molecule has 0 unspecified atom stereocenters. The first-order valence-corrected chi connectivity index (χ1v) is 12.7. The fourth-order valence-corrected chi connectivity index (χ4v) is 5.05. The lowest BCUT2D eigenvalue weighted by Crippen LogP contribution is -2.37. The maximum atomic E-state index is 13.6. The van der Waals surface area contributed by atoms with Gasteiger partial charge in [-0.3, -0.25) is 4.57 Å². The summed E-state index contributed by atoms with van der Waals surface area (Å²) in [6.45, 7) is 7.17. The second kappa shape index (κ2) is 9.69. The molecular weight excluding hydrogens is 487 g/mol. The van der Waals surface area contributed by atoms with Crippen LogP contribution in [0.15, 0.2) is 41.1 Å². The van der Waals surface area contributed by atoms with E-state index in [1.54, 1.807) is 10.6 Å². The molecule has 0 fully saturated rings. The van der Waals surface area contributed by atoms with Crippen LogP contribution in [0.25, 0.3) is 17.3 Å². The number of aryl methyl sites for hydroxylation is 3. The molecule has 3 heterocycles. The summed E-state index contributed by atoms with van der Waals surface area (Å²) in [6, 6.07) is 7.33. The Balaban J connectivity index is 1.84. The van der Waals surface area contributed by atoms with Crippen LogP contribution in [0.2, 0.25) is 0 Å². The van der Waals surface area contributed by atoms with Gasteiger partial charge in [0.15, 0.2) is 11.6 Å². The zero-order valence-electron chi connectivity index (χ0n) is 20.9. The molecule has 0 saturated heterocycles. The van der Waals surface area contributed by atoms with E-state index in [2.05, 4.69) is 20.2 Å². The summed E-state index contributed by atoms with van der Waals surface area (Å²) in [7, 11) is -1.03. The minimum Gasteiger partial charge on any atom is -0.495 e. The molecule has 36 heavy (non-hydrogen) atoms. The molecule has 0 bridgehead atoms. The molecule has 190 valence electrons. The number of hydrogen-bond donors (Lipinski definition) is 0. The highest BCUT2D eigenvalue weighted by molar-refractivity contribution is 7.93. The second-order valence-corrected chi connectivity index (χ2v) is 10.9. The topological polar surface area (TPSA) is 116 Å². The van der Waals surface area contributed by atoms with Gasteiger partial charge < -0.3 is 9.15 Å². The lowest BCUT2D eigenvalue weighted by molar-refractivity contribution is 0.412. The minimum atomic E-state index is -3.97. The monoisotopic (exact) mass is 514 g/mol. The Morgan fingerprint density at radius 2 is 1.83 bits per heavy atom. The van der Waals surface area contributed by atoms with E-state index >= 15 is 0 Å². The van der Waals surface area contributed by atoms with Gasteiger partial charge in [0.05, 0.1) is 30.4 Å². The number of hydrogen-bond acceptors (Lipinski definition) is 8. The summed E-state index contributed by atoms with van der Waals surface area (Å²) in [5, 5.41) is 7.63. The Kier molecular flexibility index (Phi) is 6.81. The van der Waals surface area contributed by atoms with Crippen LogP contribution in [0.1, 0.15) is 29.6 Å². The van der Waals surface area contributed by atoms with Crippen LogP contribution >= 0.6 is 0 Å². The van der Waals surface area contributed by atoms with Gasteiger partial charge in [0, 0.05) is 13.5 Å². The van der Waals surface area contributed by atoms with Crippen molar-refractivity contribution in [3.8, 4) is 23.0 Å². The highest BCUT2D eigenvalue weighted by Crippen LogP contribution is 2.36. The predicted molar refractivity (Wildman–Crippen MR) is 132 cm³/mol. The largest absolute Gasteiger partial charge is 0.495 e. The highest BCUT2D eigenvalue weighted by atomic mass is 32.2. The van der Waals surface area contributed by atoms with Crippen molar-refractivity contribution in [2.24, 2.45) is 0 Å². The van der Waals surface area contributed by atoms with Crippen LogP contribution in [0.3, 0.4) is 0 Å². The number of anilines is 1. The predicted octanol–water partition coefficient (Wildman–Crippen LogP) is 3.79. The normalized spacial score (nSPS) is 12.5. The van der Waals surface area contributed by atoms with Gasteiger partial charge in [-0.05, 0) is 51.0 Å². The Morgan fingerprint density at radius 3 is 2.44 bits per heavy atom. The van der Waals surface area contributed by atoms with Crippen molar-refractivity contribution in [3.05, 3.63) is 65.2 Å². The zero-order valence-corrected chi connectivity index (χ0v) is 21.7. The maximum Gasteiger partial charge on any atom is 0.245 e.